The predicted octanol–water partition coefficient (Wildman–Crippen LogP) is 0.451. The van der Waals surface area contributed by atoms with Gasteiger partial charge in [0.25, 0.3) is 0 Å². The highest BCUT2D eigenvalue weighted by molar-refractivity contribution is 5.29. The molecule has 3 N–H and O–H groups in total. The molecule has 0 radical (unpaired) electrons. The zero-order valence-electron chi connectivity index (χ0n) is 10.2. The van der Waals surface area contributed by atoms with Gasteiger partial charge in [0.2, 0.25) is 0 Å². The highest BCUT2D eigenvalue weighted by Crippen LogP contribution is 2.27. The fourth-order valence-corrected chi connectivity index (χ4v) is 1.67. The molecule has 1 aromatic rings. The van der Waals surface area contributed by atoms with Crippen molar-refractivity contribution in [2.75, 3.05) is 14.2 Å². The van der Waals surface area contributed by atoms with Crippen LogP contribution in [0, 0.1) is 0 Å². The van der Waals surface area contributed by atoms with Crippen LogP contribution in [0.15, 0.2) is 6.20 Å². The Bertz CT molecular complexity index is 305. The van der Waals surface area contributed by atoms with Gasteiger partial charge >= 0.3 is 0 Å². The van der Waals surface area contributed by atoms with Gasteiger partial charge in [0.15, 0.2) is 5.75 Å². The van der Waals surface area contributed by atoms with Gasteiger partial charge in [-0.05, 0) is 13.8 Å². The molecule has 16 heavy (non-hydrogen) atoms. The molecule has 0 amide bonds. The van der Waals surface area contributed by atoms with E-state index in [9.17, 15) is 0 Å². The van der Waals surface area contributed by atoms with Crippen molar-refractivity contribution >= 4 is 0 Å². The first-order valence-electron chi connectivity index (χ1n) is 5.28. The van der Waals surface area contributed by atoms with Gasteiger partial charge in [-0.15, -0.1) is 0 Å². The Morgan fingerprint density at radius 3 is 2.69 bits per heavy atom. The van der Waals surface area contributed by atoms with Gasteiger partial charge in [-0.2, -0.15) is 5.10 Å². The first-order chi connectivity index (χ1) is 7.69. The lowest BCUT2D eigenvalue weighted by Crippen LogP contribution is -2.37. The number of nitrogens with one attached hydrogen (secondary N) is 1. The molecule has 0 aromatic carbocycles. The van der Waals surface area contributed by atoms with Crippen LogP contribution in [-0.2, 0) is 11.3 Å². The average molecular weight is 228 g/mol. The maximum Gasteiger partial charge on any atom is 0.161 e. The van der Waals surface area contributed by atoms with Gasteiger partial charge in [-0.1, -0.05) is 0 Å². The third-order valence-corrected chi connectivity index (χ3v) is 2.68. The Hall–Kier alpha value is -1.11. The number of aryl methyl sites for hydroxylation is 1. The van der Waals surface area contributed by atoms with E-state index in [0.29, 0.717) is 5.75 Å². The zero-order chi connectivity index (χ0) is 12.1. The number of rotatable bonds is 6. The highest BCUT2D eigenvalue weighted by Gasteiger charge is 2.25. The summed E-state index contributed by atoms with van der Waals surface area (Å²) in [6.45, 7) is 4.71. The Morgan fingerprint density at radius 2 is 2.25 bits per heavy atom. The van der Waals surface area contributed by atoms with E-state index in [4.69, 9.17) is 15.3 Å². The summed E-state index contributed by atoms with van der Waals surface area (Å²) < 4.78 is 12.4. The minimum atomic E-state index is -0.151. The van der Waals surface area contributed by atoms with E-state index < -0.39 is 0 Å². The molecule has 0 bridgehead atoms. The van der Waals surface area contributed by atoms with Crippen molar-refractivity contribution in [2.24, 2.45) is 5.84 Å². The lowest BCUT2D eigenvalue weighted by molar-refractivity contribution is 0.0791. The van der Waals surface area contributed by atoms with Gasteiger partial charge < -0.3 is 9.47 Å². The molecule has 0 saturated carbocycles. The number of aromatic nitrogens is 2. The zero-order valence-corrected chi connectivity index (χ0v) is 10.2. The molecule has 6 heteroatoms. The van der Waals surface area contributed by atoms with Crippen LogP contribution in [0.3, 0.4) is 0 Å². The molecule has 6 nitrogen and oxygen atoms in total. The van der Waals surface area contributed by atoms with Crippen molar-refractivity contribution in [3.05, 3.63) is 11.9 Å². The van der Waals surface area contributed by atoms with Gasteiger partial charge in [-0.25, -0.2) is 5.43 Å². The maximum absolute atomic E-state index is 5.56. The molecule has 1 rings (SSSR count). The highest BCUT2D eigenvalue weighted by atomic mass is 16.5. The second-order valence-electron chi connectivity index (χ2n) is 3.50. The molecular formula is C10H20N4O2. The summed E-state index contributed by atoms with van der Waals surface area (Å²) in [4.78, 5) is 0. The minimum absolute atomic E-state index is 0.0686. The third-order valence-electron chi connectivity index (χ3n) is 2.68. The van der Waals surface area contributed by atoms with Crippen molar-refractivity contribution in [3.8, 4) is 5.75 Å². The first kappa shape index (κ1) is 13.0. The standard InChI is InChI=1S/C10H20N4O2/c1-5-14-10(8(16-4)6-12-14)9(13-11)7(2)15-3/h6-7,9,13H,5,11H2,1-4H3. The van der Waals surface area contributed by atoms with E-state index in [1.165, 1.54) is 0 Å². The summed E-state index contributed by atoms with van der Waals surface area (Å²) in [6.07, 6.45) is 1.62. The van der Waals surface area contributed by atoms with Crippen LogP contribution in [0.2, 0.25) is 0 Å². The summed E-state index contributed by atoms with van der Waals surface area (Å²) in [5.74, 6) is 6.28. The number of nitrogens with zero attached hydrogens (tertiary/aromatic N) is 2. The molecule has 1 heterocycles. The molecule has 0 aliphatic carbocycles. The van der Waals surface area contributed by atoms with Crippen LogP contribution < -0.4 is 16.0 Å². The summed E-state index contributed by atoms with van der Waals surface area (Å²) in [7, 11) is 3.26. The first-order valence-corrected chi connectivity index (χ1v) is 5.28. The van der Waals surface area contributed by atoms with Crippen molar-refractivity contribution in [2.45, 2.75) is 32.5 Å². The second-order valence-corrected chi connectivity index (χ2v) is 3.50. The summed E-state index contributed by atoms with van der Waals surface area (Å²) in [5, 5.41) is 4.23. The smallest absolute Gasteiger partial charge is 0.161 e. The van der Waals surface area contributed by atoms with Crippen LogP contribution in [0.5, 0.6) is 5.75 Å². The maximum atomic E-state index is 5.56. The van der Waals surface area contributed by atoms with E-state index in [1.54, 1.807) is 20.4 Å². The van der Waals surface area contributed by atoms with E-state index >= 15 is 0 Å². The van der Waals surface area contributed by atoms with E-state index in [0.717, 1.165) is 12.2 Å². The SMILES string of the molecule is CCn1ncc(OC)c1C(NN)C(C)OC. The molecule has 0 saturated heterocycles. The number of hydrogen-bond acceptors (Lipinski definition) is 5. The molecule has 0 spiro atoms. The van der Waals surface area contributed by atoms with Crippen molar-refractivity contribution in [3.63, 3.8) is 0 Å². The number of hydrogen-bond donors (Lipinski definition) is 2. The van der Waals surface area contributed by atoms with Crippen LogP contribution in [0.1, 0.15) is 25.6 Å². The molecule has 0 aliphatic heterocycles. The lowest BCUT2D eigenvalue weighted by atomic mass is 10.1. The molecule has 92 valence electrons. The largest absolute Gasteiger partial charge is 0.493 e. The minimum Gasteiger partial charge on any atom is -0.493 e. The lowest BCUT2D eigenvalue weighted by Gasteiger charge is -2.23. The summed E-state index contributed by atoms with van der Waals surface area (Å²) in [5.41, 5.74) is 3.64. The molecular weight excluding hydrogens is 208 g/mol. The molecule has 0 fully saturated rings. The second kappa shape index (κ2) is 5.83. The van der Waals surface area contributed by atoms with Crippen molar-refractivity contribution in [1.29, 1.82) is 0 Å². The van der Waals surface area contributed by atoms with Crippen LogP contribution in [-0.4, -0.2) is 30.1 Å². The van der Waals surface area contributed by atoms with Gasteiger partial charge in [0.1, 0.15) is 5.69 Å². The van der Waals surface area contributed by atoms with Crippen LogP contribution in [0.4, 0.5) is 0 Å². The predicted molar refractivity (Wildman–Crippen MR) is 61.0 cm³/mol. The van der Waals surface area contributed by atoms with Gasteiger partial charge in [0, 0.05) is 13.7 Å². The Kier molecular flexibility index (Phi) is 4.72. The average Bonchev–Trinajstić information content (AvgIpc) is 2.72. The van der Waals surface area contributed by atoms with Crippen LogP contribution >= 0.6 is 0 Å². The molecule has 0 aliphatic rings. The summed E-state index contributed by atoms with van der Waals surface area (Å²) in [6, 6.07) is -0.151. The monoisotopic (exact) mass is 228 g/mol. The number of ether oxygens (including phenoxy) is 2. The molecule has 2 atom stereocenters. The van der Waals surface area contributed by atoms with E-state index in [-0.39, 0.29) is 12.1 Å². The van der Waals surface area contributed by atoms with Crippen LogP contribution in [0.25, 0.3) is 0 Å². The molecule has 2 unspecified atom stereocenters. The van der Waals surface area contributed by atoms with Crippen molar-refractivity contribution in [1.82, 2.24) is 15.2 Å². The fraction of sp³-hybridized carbons (Fsp3) is 0.700. The van der Waals surface area contributed by atoms with E-state index in [1.807, 2.05) is 18.5 Å². The van der Waals surface area contributed by atoms with E-state index in [2.05, 4.69) is 10.5 Å². The topological polar surface area (TPSA) is 74.3 Å². The van der Waals surface area contributed by atoms with Gasteiger partial charge in [0.05, 0.1) is 25.5 Å². The summed E-state index contributed by atoms with van der Waals surface area (Å²) >= 11 is 0. The van der Waals surface area contributed by atoms with Gasteiger partial charge in [-0.3, -0.25) is 10.5 Å². The number of nitrogens with two attached hydrogens (primary N) is 1. The fourth-order valence-electron chi connectivity index (χ4n) is 1.67. The normalized spacial score (nSPS) is 14.8. The molecule has 1 aromatic heterocycles. The Labute approximate surface area is 95.7 Å². The van der Waals surface area contributed by atoms with Crippen molar-refractivity contribution < 1.29 is 9.47 Å². The quantitative estimate of drug-likeness (QED) is 0.546. The number of hydrazine groups is 1. The third kappa shape index (κ3) is 2.34. The number of methoxy groups -OCH3 is 2. The Morgan fingerprint density at radius 1 is 1.56 bits per heavy atom. The Balaban J connectivity index is 3.10.